The third-order valence-corrected chi connectivity index (χ3v) is 5.93. The smallest absolute Gasteiger partial charge is 0.294 e. The van der Waals surface area contributed by atoms with Crippen LogP contribution in [0.15, 0.2) is 47.4 Å². The van der Waals surface area contributed by atoms with Crippen LogP contribution in [0.3, 0.4) is 0 Å². The highest BCUT2D eigenvalue weighted by Gasteiger charge is 2.31. The van der Waals surface area contributed by atoms with E-state index in [9.17, 15) is 23.3 Å². The predicted molar refractivity (Wildman–Crippen MR) is 94.8 cm³/mol. The molecular weight excluding hydrogens is 374 g/mol. The number of nitro groups is 1. The number of nitro benzene ring substituents is 1. The largest absolute Gasteiger partial charge is 0.306 e. The number of nitrogens with zero attached hydrogens (tertiary/aromatic N) is 5. The van der Waals surface area contributed by atoms with E-state index in [1.165, 1.54) is 17.0 Å². The molecule has 0 aliphatic carbocycles. The van der Waals surface area contributed by atoms with Gasteiger partial charge in [0, 0.05) is 19.0 Å². The van der Waals surface area contributed by atoms with Gasteiger partial charge in [-0.05, 0) is 30.7 Å². The van der Waals surface area contributed by atoms with Gasteiger partial charge < -0.3 is 4.90 Å². The summed E-state index contributed by atoms with van der Waals surface area (Å²) in [6, 6.07) is 9.96. The lowest BCUT2D eigenvalue weighted by Crippen LogP contribution is -2.25. The number of hydrogen-bond acceptors (Lipinski definition) is 7. The molecule has 0 bridgehead atoms. The van der Waals surface area contributed by atoms with Crippen LogP contribution in [0.2, 0.25) is 0 Å². The molecule has 10 nitrogen and oxygen atoms in total. The van der Waals surface area contributed by atoms with Crippen LogP contribution in [0.1, 0.15) is 12.8 Å². The standard InChI is InChI=1S/C16H13N5O5S/c22-16-6-3-9-19(16)14-8-7-11(10-15(14)21(23)24)27(25,26)20-13-5-2-1-4-12(13)17-18-20/h1-2,4-5,7-8,10H,3,6,9H2. The van der Waals surface area contributed by atoms with Crippen LogP contribution in [0.25, 0.3) is 11.0 Å². The molecule has 2 heterocycles. The second-order valence-corrected chi connectivity index (χ2v) is 7.75. The quantitative estimate of drug-likeness (QED) is 0.492. The fraction of sp³-hybridized carbons (Fsp3) is 0.188. The Kier molecular flexibility index (Phi) is 3.88. The van der Waals surface area contributed by atoms with Crippen LogP contribution in [-0.2, 0) is 14.8 Å². The topological polar surface area (TPSA) is 128 Å². The van der Waals surface area contributed by atoms with Gasteiger partial charge in [0.2, 0.25) is 5.91 Å². The normalized spacial score (nSPS) is 14.8. The maximum absolute atomic E-state index is 12.9. The highest BCUT2D eigenvalue weighted by atomic mass is 32.2. The van der Waals surface area contributed by atoms with Crippen molar-refractivity contribution in [3.63, 3.8) is 0 Å². The van der Waals surface area contributed by atoms with Crippen LogP contribution in [0, 0.1) is 10.1 Å². The van der Waals surface area contributed by atoms with E-state index in [1.54, 1.807) is 24.3 Å². The number of hydrogen-bond donors (Lipinski definition) is 0. The molecular formula is C16H13N5O5S. The highest BCUT2D eigenvalue weighted by molar-refractivity contribution is 7.90. The Hall–Kier alpha value is -3.34. The first-order valence-corrected chi connectivity index (χ1v) is 9.48. The summed E-state index contributed by atoms with van der Waals surface area (Å²) < 4.78 is 26.6. The van der Waals surface area contributed by atoms with Crippen molar-refractivity contribution in [3.8, 4) is 0 Å². The number of amides is 1. The molecule has 3 aromatic rings. The average molecular weight is 387 g/mol. The van der Waals surface area contributed by atoms with Gasteiger partial charge in [-0.1, -0.05) is 17.3 Å². The molecule has 0 saturated carbocycles. The first kappa shape index (κ1) is 17.1. The molecule has 1 amide bonds. The minimum Gasteiger partial charge on any atom is -0.306 e. The Bertz CT molecular complexity index is 1190. The van der Waals surface area contributed by atoms with E-state index in [-0.39, 0.29) is 22.0 Å². The first-order chi connectivity index (χ1) is 12.9. The van der Waals surface area contributed by atoms with Crippen LogP contribution in [-0.4, -0.2) is 40.2 Å². The Morgan fingerprint density at radius 2 is 1.93 bits per heavy atom. The number of carbonyl (C=O) groups is 1. The van der Waals surface area contributed by atoms with Gasteiger partial charge in [-0.15, -0.1) is 9.19 Å². The lowest BCUT2D eigenvalue weighted by molar-refractivity contribution is -0.384. The molecule has 1 aliphatic rings. The number of anilines is 1. The third-order valence-electron chi connectivity index (χ3n) is 4.35. The van der Waals surface area contributed by atoms with Gasteiger partial charge >= 0.3 is 0 Å². The number of para-hydroxylation sites is 1. The second-order valence-electron chi connectivity index (χ2n) is 5.98. The summed E-state index contributed by atoms with van der Waals surface area (Å²) >= 11 is 0. The zero-order valence-electron chi connectivity index (χ0n) is 13.8. The maximum Gasteiger partial charge on any atom is 0.294 e. The second kappa shape index (κ2) is 6.13. The summed E-state index contributed by atoms with van der Waals surface area (Å²) in [6.45, 7) is 0.361. The SMILES string of the molecule is O=C1CCCN1c1ccc(S(=O)(=O)n2nnc3ccccc32)cc1[N+](=O)[O-]. The Morgan fingerprint density at radius 3 is 2.63 bits per heavy atom. The summed E-state index contributed by atoms with van der Waals surface area (Å²) in [7, 11) is -4.20. The molecule has 27 heavy (non-hydrogen) atoms. The molecule has 4 rings (SSSR count). The van der Waals surface area contributed by atoms with Gasteiger partial charge in [-0.25, -0.2) is 0 Å². The fourth-order valence-corrected chi connectivity index (χ4v) is 4.31. The molecule has 1 saturated heterocycles. The Labute approximate surface area is 153 Å². The fourth-order valence-electron chi connectivity index (χ4n) is 3.07. The van der Waals surface area contributed by atoms with E-state index in [1.807, 2.05) is 0 Å². The van der Waals surface area contributed by atoms with E-state index in [0.717, 1.165) is 10.2 Å². The van der Waals surface area contributed by atoms with Crippen molar-refractivity contribution >= 4 is 38.3 Å². The summed E-state index contributed by atoms with van der Waals surface area (Å²) in [5, 5.41) is 19.0. The Balaban J connectivity index is 1.85. The van der Waals surface area contributed by atoms with Crippen molar-refractivity contribution in [3.05, 3.63) is 52.6 Å². The molecule has 2 aromatic carbocycles. The van der Waals surface area contributed by atoms with E-state index >= 15 is 0 Å². The molecule has 1 fully saturated rings. The minimum absolute atomic E-state index is 0.0879. The van der Waals surface area contributed by atoms with E-state index in [2.05, 4.69) is 10.3 Å². The summed E-state index contributed by atoms with van der Waals surface area (Å²) in [5.41, 5.74) is 0.287. The number of benzene rings is 2. The zero-order valence-corrected chi connectivity index (χ0v) is 14.7. The van der Waals surface area contributed by atoms with Crippen molar-refractivity contribution in [1.29, 1.82) is 0 Å². The van der Waals surface area contributed by atoms with Gasteiger partial charge in [0.05, 0.1) is 9.82 Å². The summed E-state index contributed by atoms with van der Waals surface area (Å²) in [4.78, 5) is 23.7. The monoisotopic (exact) mass is 387 g/mol. The van der Waals surface area contributed by atoms with Gasteiger partial charge in [-0.2, -0.15) is 8.42 Å². The van der Waals surface area contributed by atoms with E-state index < -0.39 is 20.6 Å². The number of rotatable bonds is 4. The molecule has 1 aromatic heterocycles. The van der Waals surface area contributed by atoms with Crippen molar-refractivity contribution in [1.82, 2.24) is 14.4 Å². The summed E-state index contributed by atoms with van der Waals surface area (Å²) in [5.74, 6) is -0.226. The van der Waals surface area contributed by atoms with Gasteiger partial charge in [0.1, 0.15) is 16.7 Å². The van der Waals surface area contributed by atoms with Crippen LogP contribution < -0.4 is 4.90 Å². The predicted octanol–water partition coefficient (Wildman–Crippen LogP) is 1.70. The summed E-state index contributed by atoms with van der Waals surface area (Å²) in [6.07, 6.45) is 0.906. The van der Waals surface area contributed by atoms with Gasteiger partial charge in [0.25, 0.3) is 15.7 Å². The molecule has 0 atom stereocenters. The van der Waals surface area contributed by atoms with E-state index in [4.69, 9.17) is 0 Å². The lowest BCUT2D eigenvalue weighted by atomic mass is 10.2. The maximum atomic E-state index is 12.9. The molecule has 1 aliphatic heterocycles. The van der Waals surface area contributed by atoms with Crippen molar-refractivity contribution in [2.24, 2.45) is 0 Å². The van der Waals surface area contributed by atoms with Crippen molar-refractivity contribution in [2.45, 2.75) is 17.7 Å². The van der Waals surface area contributed by atoms with Gasteiger partial charge in [-0.3, -0.25) is 14.9 Å². The third kappa shape index (κ3) is 2.72. The molecule has 11 heteroatoms. The van der Waals surface area contributed by atoms with Crippen molar-refractivity contribution in [2.75, 3.05) is 11.4 Å². The van der Waals surface area contributed by atoms with Crippen LogP contribution in [0.5, 0.6) is 0 Å². The lowest BCUT2D eigenvalue weighted by Gasteiger charge is -2.16. The van der Waals surface area contributed by atoms with Crippen molar-refractivity contribution < 1.29 is 18.1 Å². The number of aromatic nitrogens is 3. The highest BCUT2D eigenvalue weighted by Crippen LogP contribution is 2.34. The van der Waals surface area contributed by atoms with Crippen LogP contribution in [0.4, 0.5) is 11.4 Å². The Morgan fingerprint density at radius 1 is 1.15 bits per heavy atom. The molecule has 0 radical (unpaired) electrons. The molecule has 138 valence electrons. The van der Waals surface area contributed by atoms with E-state index in [0.29, 0.717) is 24.9 Å². The minimum atomic E-state index is -4.20. The van der Waals surface area contributed by atoms with Crippen LogP contribution >= 0.6 is 0 Å². The molecule has 0 spiro atoms. The number of carbonyl (C=O) groups excluding carboxylic acids is 1. The van der Waals surface area contributed by atoms with Gasteiger partial charge in [0.15, 0.2) is 0 Å². The number of fused-ring (bicyclic) bond motifs is 1. The molecule has 0 N–H and O–H groups in total. The first-order valence-electron chi connectivity index (χ1n) is 8.04. The average Bonchev–Trinajstić information content (AvgIpc) is 3.27. The molecule has 0 unspecified atom stereocenters. The zero-order chi connectivity index (χ0) is 19.2.